The first-order chi connectivity index (χ1) is 13.6. The Bertz CT molecular complexity index is 721. The molecule has 1 aromatic rings. The van der Waals surface area contributed by atoms with E-state index in [2.05, 4.69) is 16.0 Å². The van der Waals surface area contributed by atoms with E-state index < -0.39 is 0 Å². The number of halogens is 1. The Hall–Kier alpha value is -1.76. The first-order valence-corrected chi connectivity index (χ1v) is 11.4. The van der Waals surface area contributed by atoms with Crippen molar-refractivity contribution in [1.29, 1.82) is 0 Å². The molecule has 3 fully saturated rings. The highest BCUT2D eigenvalue weighted by molar-refractivity contribution is 8.00. The van der Waals surface area contributed by atoms with E-state index in [1.165, 1.54) is 12.1 Å². The molecule has 7 heteroatoms. The van der Waals surface area contributed by atoms with Crippen LogP contribution in [0.1, 0.15) is 56.9 Å². The van der Waals surface area contributed by atoms with Crippen molar-refractivity contribution in [1.82, 2.24) is 16.0 Å². The molecule has 4 rings (SSSR count). The topological polar surface area (TPSA) is 70.2 Å². The summed E-state index contributed by atoms with van der Waals surface area (Å²) in [6.07, 6.45) is 7.35. The van der Waals surface area contributed by atoms with Crippen LogP contribution in [-0.2, 0) is 10.3 Å². The Morgan fingerprint density at radius 1 is 1.18 bits per heavy atom. The van der Waals surface area contributed by atoms with Gasteiger partial charge in [0.05, 0.1) is 17.6 Å². The fraction of sp³-hybridized carbons (Fsp3) is 0.619. The third-order valence-corrected chi connectivity index (χ3v) is 7.82. The number of urea groups is 1. The number of hydrogen-bond donors (Lipinski definition) is 3. The van der Waals surface area contributed by atoms with Gasteiger partial charge in [-0.15, -0.1) is 0 Å². The summed E-state index contributed by atoms with van der Waals surface area (Å²) in [4.78, 5) is 24.1. The molecule has 1 aromatic carbocycles. The lowest BCUT2D eigenvalue weighted by Gasteiger charge is -2.31. The van der Waals surface area contributed by atoms with Gasteiger partial charge in [0.1, 0.15) is 5.82 Å². The van der Waals surface area contributed by atoms with Gasteiger partial charge in [0.15, 0.2) is 0 Å². The first kappa shape index (κ1) is 19.6. The zero-order chi connectivity index (χ0) is 19.6. The van der Waals surface area contributed by atoms with Crippen molar-refractivity contribution >= 4 is 23.7 Å². The lowest BCUT2D eigenvalue weighted by Crippen LogP contribution is -2.43. The Morgan fingerprint density at radius 3 is 2.68 bits per heavy atom. The van der Waals surface area contributed by atoms with Crippen LogP contribution < -0.4 is 16.0 Å². The monoisotopic (exact) mass is 405 g/mol. The molecule has 3 N–H and O–H groups in total. The van der Waals surface area contributed by atoms with Gasteiger partial charge in [-0.1, -0.05) is 31.4 Å². The van der Waals surface area contributed by atoms with E-state index in [4.69, 9.17) is 0 Å². The van der Waals surface area contributed by atoms with Gasteiger partial charge < -0.3 is 16.0 Å². The number of nitrogens with one attached hydrogen (secondary N) is 3. The molecule has 0 radical (unpaired) electrons. The summed E-state index contributed by atoms with van der Waals surface area (Å²) in [5, 5.41) is 9.68. The van der Waals surface area contributed by atoms with Crippen LogP contribution in [0.5, 0.6) is 0 Å². The van der Waals surface area contributed by atoms with Gasteiger partial charge >= 0.3 is 6.03 Å². The summed E-state index contributed by atoms with van der Waals surface area (Å²) in [6.45, 7) is 0. The molecule has 3 amide bonds. The van der Waals surface area contributed by atoms with Crippen LogP contribution in [0, 0.1) is 5.82 Å². The molecule has 2 heterocycles. The third-order valence-electron chi connectivity index (χ3n) is 6.31. The summed E-state index contributed by atoms with van der Waals surface area (Å²) >= 11 is 1.91. The van der Waals surface area contributed by atoms with E-state index in [-0.39, 0.29) is 35.4 Å². The molecule has 5 nitrogen and oxygen atoms in total. The van der Waals surface area contributed by atoms with Crippen LogP contribution >= 0.6 is 11.8 Å². The van der Waals surface area contributed by atoms with Crippen LogP contribution in [0.2, 0.25) is 0 Å². The standard InChI is InChI=1S/C21H28FN3O2S/c22-15-9-7-14(8-10-15)21(11-3-4-12-21)25-18(26)6-2-1-5-17-19-16(13-28-17)23-20(27)24-19/h7-10,16-17,19H,1-6,11-13H2,(H,25,26)(H2,23,24,27)/t16-,17-,19+/m0/s1. The van der Waals surface area contributed by atoms with E-state index >= 15 is 0 Å². The summed E-state index contributed by atoms with van der Waals surface area (Å²) in [5.74, 6) is 0.803. The molecule has 0 bridgehead atoms. The van der Waals surface area contributed by atoms with Crippen molar-refractivity contribution in [3.8, 4) is 0 Å². The molecule has 3 atom stereocenters. The quantitative estimate of drug-likeness (QED) is 0.481. The van der Waals surface area contributed by atoms with E-state index in [9.17, 15) is 14.0 Å². The maximum atomic E-state index is 13.3. The second-order valence-electron chi connectivity index (χ2n) is 8.21. The largest absolute Gasteiger partial charge is 0.347 e. The van der Waals surface area contributed by atoms with Crippen molar-refractivity contribution in [3.05, 3.63) is 35.6 Å². The number of rotatable bonds is 7. The number of carbonyl (C=O) groups excluding carboxylic acids is 2. The molecule has 2 aliphatic heterocycles. The lowest BCUT2D eigenvalue weighted by molar-refractivity contribution is -0.123. The number of carbonyl (C=O) groups is 2. The van der Waals surface area contributed by atoms with E-state index in [1.807, 2.05) is 11.8 Å². The highest BCUT2D eigenvalue weighted by atomic mass is 32.2. The molecule has 0 unspecified atom stereocenters. The number of unbranched alkanes of at least 4 members (excludes halogenated alkanes) is 1. The highest BCUT2D eigenvalue weighted by Crippen LogP contribution is 2.39. The minimum Gasteiger partial charge on any atom is -0.347 e. The fourth-order valence-corrected chi connectivity index (χ4v) is 6.38. The van der Waals surface area contributed by atoms with Gasteiger partial charge in [-0.2, -0.15) is 11.8 Å². The zero-order valence-corrected chi connectivity index (χ0v) is 16.8. The summed E-state index contributed by atoms with van der Waals surface area (Å²) in [5.41, 5.74) is 0.677. The maximum absolute atomic E-state index is 13.3. The van der Waals surface area contributed by atoms with Gasteiger partial charge in [-0.3, -0.25) is 4.79 Å². The number of benzene rings is 1. The summed E-state index contributed by atoms with van der Waals surface area (Å²) in [6, 6.07) is 6.99. The van der Waals surface area contributed by atoms with Crippen LogP contribution in [0.25, 0.3) is 0 Å². The lowest BCUT2D eigenvalue weighted by atomic mass is 9.88. The Kier molecular flexibility index (Phi) is 5.80. The fourth-order valence-electron chi connectivity index (χ4n) is 4.84. The number of thioether (sulfide) groups is 1. The number of hydrogen-bond acceptors (Lipinski definition) is 3. The Morgan fingerprint density at radius 2 is 1.93 bits per heavy atom. The van der Waals surface area contributed by atoms with E-state index in [1.54, 1.807) is 12.1 Å². The van der Waals surface area contributed by atoms with Crippen molar-refractivity contribution in [2.75, 3.05) is 5.75 Å². The van der Waals surface area contributed by atoms with Gasteiger partial charge in [-0.05, 0) is 43.4 Å². The molecule has 28 heavy (non-hydrogen) atoms. The smallest absolute Gasteiger partial charge is 0.315 e. The summed E-state index contributed by atoms with van der Waals surface area (Å²) in [7, 11) is 0. The van der Waals surface area contributed by atoms with Crippen molar-refractivity contribution < 1.29 is 14.0 Å². The minimum absolute atomic E-state index is 0.0534. The van der Waals surface area contributed by atoms with Crippen LogP contribution in [-0.4, -0.2) is 35.0 Å². The average Bonchev–Trinajstić information content (AvgIpc) is 3.37. The van der Waals surface area contributed by atoms with Crippen molar-refractivity contribution in [3.63, 3.8) is 0 Å². The Labute approximate surface area is 169 Å². The second kappa shape index (κ2) is 8.31. The average molecular weight is 406 g/mol. The van der Waals surface area contributed by atoms with Crippen LogP contribution in [0.4, 0.5) is 9.18 Å². The highest BCUT2D eigenvalue weighted by Gasteiger charge is 2.42. The molecular formula is C21H28FN3O2S. The number of amides is 3. The Balaban J connectivity index is 1.24. The molecule has 1 aliphatic carbocycles. The summed E-state index contributed by atoms with van der Waals surface area (Å²) < 4.78 is 13.3. The minimum atomic E-state index is -0.334. The maximum Gasteiger partial charge on any atom is 0.315 e. The molecule has 0 spiro atoms. The molecular weight excluding hydrogens is 377 g/mol. The van der Waals surface area contributed by atoms with Gasteiger partial charge in [0.2, 0.25) is 5.91 Å². The predicted octanol–water partition coefficient (Wildman–Crippen LogP) is 3.44. The second-order valence-corrected chi connectivity index (χ2v) is 9.48. The number of fused-ring (bicyclic) bond motifs is 1. The van der Waals surface area contributed by atoms with Gasteiger partial charge in [0, 0.05) is 17.4 Å². The molecule has 2 saturated heterocycles. The normalized spacial score (nSPS) is 27.9. The first-order valence-electron chi connectivity index (χ1n) is 10.3. The predicted molar refractivity (Wildman–Crippen MR) is 109 cm³/mol. The van der Waals surface area contributed by atoms with Gasteiger partial charge in [-0.25, -0.2) is 9.18 Å². The van der Waals surface area contributed by atoms with E-state index in [0.717, 1.165) is 56.3 Å². The SMILES string of the molecule is O=C(CCCC[C@@H]1SC[C@@H]2NC(=O)N[C@H]21)NC1(c2ccc(F)cc2)CCCC1. The molecule has 3 aliphatic rings. The van der Waals surface area contributed by atoms with Crippen molar-refractivity contribution in [2.45, 2.75) is 74.2 Å². The van der Waals surface area contributed by atoms with Crippen LogP contribution in [0.15, 0.2) is 24.3 Å². The molecule has 0 aromatic heterocycles. The van der Waals surface area contributed by atoms with Crippen LogP contribution in [0.3, 0.4) is 0 Å². The third kappa shape index (κ3) is 4.14. The molecule has 1 saturated carbocycles. The molecule has 152 valence electrons. The zero-order valence-electron chi connectivity index (χ0n) is 16.0. The van der Waals surface area contributed by atoms with E-state index in [0.29, 0.717) is 11.7 Å². The van der Waals surface area contributed by atoms with Crippen molar-refractivity contribution in [2.24, 2.45) is 0 Å². The van der Waals surface area contributed by atoms with Gasteiger partial charge in [0.25, 0.3) is 0 Å².